The van der Waals surface area contributed by atoms with Crippen LogP contribution in [0.15, 0.2) is 48.5 Å². The third-order valence-corrected chi connectivity index (χ3v) is 2.59. The van der Waals surface area contributed by atoms with Crippen molar-refractivity contribution in [1.29, 1.82) is 0 Å². The second kappa shape index (κ2) is 8.62. The van der Waals surface area contributed by atoms with Crippen LogP contribution in [0, 0.1) is 0 Å². The number of carbonyl (C=O) groups excluding carboxylic acids is 2. The summed E-state index contributed by atoms with van der Waals surface area (Å²) < 4.78 is 5.15. The third kappa shape index (κ3) is 4.74. The summed E-state index contributed by atoms with van der Waals surface area (Å²) in [4.78, 5) is 23.3. The van der Waals surface area contributed by atoms with Gasteiger partial charge in [-0.1, -0.05) is 44.5 Å². The van der Waals surface area contributed by atoms with Crippen molar-refractivity contribution in [1.82, 2.24) is 0 Å². The molecule has 2 rings (SSSR count). The summed E-state index contributed by atoms with van der Waals surface area (Å²) in [5.74, 6) is -0.872. The molecule has 0 heterocycles. The second-order valence-corrected chi connectivity index (χ2v) is 4.67. The SMILES string of the molecule is CC(=O)c1ccccc1OC(=O)c1ccccc1O.CCC. The summed E-state index contributed by atoms with van der Waals surface area (Å²) in [6.07, 6.45) is 1.25. The fourth-order valence-electron chi connectivity index (χ4n) is 1.65. The van der Waals surface area contributed by atoms with Crippen LogP contribution >= 0.6 is 0 Å². The van der Waals surface area contributed by atoms with Crippen LogP contribution in [0.25, 0.3) is 0 Å². The van der Waals surface area contributed by atoms with Crippen LogP contribution in [-0.4, -0.2) is 16.9 Å². The van der Waals surface area contributed by atoms with E-state index in [2.05, 4.69) is 13.8 Å². The molecule has 0 radical (unpaired) electrons. The molecule has 0 bridgehead atoms. The van der Waals surface area contributed by atoms with Crippen molar-refractivity contribution in [3.63, 3.8) is 0 Å². The van der Waals surface area contributed by atoms with Crippen molar-refractivity contribution >= 4 is 11.8 Å². The van der Waals surface area contributed by atoms with Crippen LogP contribution in [0.4, 0.5) is 0 Å². The van der Waals surface area contributed by atoms with Crippen molar-refractivity contribution in [2.75, 3.05) is 0 Å². The van der Waals surface area contributed by atoms with Gasteiger partial charge in [0.15, 0.2) is 5.78 Å². The molecule has 0 aromatic heterocycles. The number of benzene rings is 2. The minimum atomic E-state index is -0.702. The molecule has 1 N–H and O–H groups in total. The number of ether oxygens (including phenoxy) is 1. The number of phenolic OH excluding ortho intramolecular Hbond substituents is 1. The smallest absolute Gasteiger partial charge is 0.347 e. The zero-order valence-corrected chi connectivity index (χ0v) is 13.0. The first-order chi connectivity index (χ1) is 10.5. The number of ketones is 1. The lowest BCUT2D eigenvalue weighted by Gasteiger charge is -2.08. The van der Waals surface area contributed by atoms with Gasteiger partial charge in [-0.05, 0) is 31.2 Å². The summed E-state index contributed by atoms with van der Waals surface area (Å²) >= 11 is 0. The largest absolute Gasteiger partial charge is 0.507 e. The molecule has 0 atom stereocenters. The molecule has 0 unspecified atom stereocenters. The molecule has 0 aliphatic heterocycles. The van der Waals surface area contributed by atoms with Gasteiger partial charge in [0, 0.05) is 0 Å². The predicted molar refractivity (Wildman–Crippen MR) is 85.5 cm³/mol. The molecule has 2 aromatic carbocycles. The van der Waals surface area contributed by atoms with Crippen LogP contribution in [0.5, 0.6) is 11.5 Å². The fourth-order valence-corrected chi connectivity index (χ4v) is 1.65. The maximum atomic E-state index is 11.9. The number of hydrogen-bond acceptors (Lipinski definition) is 4. The molecule has 0 saturated heterocycles. The Balaban J connectivity index is 0.000000745. The Bertz CT molecular complexity index is 647. The van der Waals surface area contributed by atoms with Crippen LogP contribution in [0.2, 0.25) is 0 Å². The molecule has 0 aliphatic carbocycles. The molecule has 0 aliphatic rings. The van der Waals surface area contributed by atoms with Crippen molar-refractivity contribution in [2.45, 2.75) is 27.2 Å². The Morgan fingerprint density at radius 3 is 2.00 bits per heavy atom. The Kier molecular flexibility index (Phi) is 6.83. The normalized spacial score (nSPS) is 9.41. The summed E-state index contributed by atoms with van der Waals surface area (Å²) in [6.45, 7) is 5.65. The van der Waals surface area contributed by atoms with E-state index in [1.165, 1.54) is 31.5 Å². The Morgan fingerprint density at radius 1 is 0.955 bits per heavy atom. The monoisotopic (exact) mass is 300 g/mol. The van der Waals surface area contributed by atoms with Gasteiger partial charge in [0.25, 0.3) is 0 Å². The summed E-state index contributed by atoms with van der Waals surface area (Å²) in [6, 6.07) is 12.5. The summed E-state index contributed by atoms with van der Waals surface area (Å²) in [7, 11) is 0. The van der Waals surface area contributed by atoms with Crippen LogP contribution in [0.3, 0.4) is 0 Å². The van der Waals surface area contributed by atoms with Crippen molar-refractivity contribution in [3.05, 3.63) is 59.7 Å². The molecule has 0 fully saturated rings. The highest BCUT2D eigenvalue weighted by atomic mass is 16.5. The average molecular weight is 300 g/mol. The van der Waals surface area contributed by atoms with E-state index in [1.807, 2.05) is 0 Å². The minimum absolute atomic E-state index is 0.0563. The van der Waals surface area contributed by atoms with E-state index < -0.39 is 5.97 Å². The van der Waals surface area contributed by atoms with Gasteiger partial charge in [-0.15, -0.1) is 0 Å². The van der Waals surface area contributed by atoms with E-state index in [9.17, 15) is 14.7 Å². The number of rotatable bonds is 3. The number of para-hydroxylation sites is 2. The third-order valence-electron chi connectivity index (χ3n) is 2.59. The fraction of sp³-hybridized carbons (Fsp3) is 0.222. The number of hydrogen-bond donors (Lipinski definition) is 1. The van der Waals surface area contributed by atoms with Gasteiger partial charge in [0.1, 0.15) is 17.1 Å². The van der Waals surface area contributed by atoms with Crippen molar-refractivity contribution in [3.8, 4) is 11.5 Å². The molecule has 4 nitrogen and oxygen atoms in total. The Labute approximate surface area is 130 Å². The molecular formula is C18H20O4. The van der Waals surface area contributed by atoms with Crippen molar-refractivity contribution in [2.24, 2.45) is 0 Å². The molecular weight excluding hydrogens is 280 g/mol. The molecule has 2 aromatic rings. The molecule has 4 heteroatoms. The quantitative estimate of drug-likeness (QED) is 0.523. The average Bonchev–Trinajstić information content (AvgIpc) is 2.48. The number of Topliss-reactive ketones (excluding diaryl/α,β-unsaturated/α-hetero) is 1. The van der Waals surface area contributed by atoms with E-state index in [0.717, 1.165) is 0 Å². The number of phenols is 1. The lowest BCUT2D eigenvalue weighted by atomic mass is 10.1. The molecule has 0 saturated carbocycles. The van der Waals surface area contributed by atoms with Gasteiger partial charge in [-0.3, -0.25) is 4.79 Å². The standard InChI is InChI=1S/C15H12O4.C3H8/c1-10(16)11-6-3-5-9-14(11)19-15(18)12-7-2-4-8-13(12)17;1-3-2/h2-9,17H,1H3;3H2,1-2H3. The minimum Gasteiger partial charge on any atom is -0.507 e. The summed E-state index contributed by atoms with van der Waals surface area (Å²) in [5, 5.41) is 9.57. The lowest BCUT2D eigenvalue weighted by Crippen LogP contribution is -2.11. The van der Waals surface area contributed by atoms with Crippen LogP contribution in [-0.2, 0) is 0 Å². The van der Waals surface area contributed by atoms with Crippen LogP contribution < -0.4 is 4.74 Å². The van der Waals surface area contributed by atoms with Crippen LogP contribution in [0.1, 0.15) is 47.9 Å². The first-order valence-electron chi connectivity index (χ1n) is 7.11. The Hall–Kier alpha value is -2.62. The number of aromatic hydroxyl groups is 1. The maximum absolute atomic E-state index is 11.9. The zero-order valence-electron chi connectivity index (χ0n) is 13.0. The first kappa shape index (κ1) is 17.4. The highest BCUT2D eigenvalue weighted by molar-refractivity contribution is 5.99. The maximum Gasteiger partial charge on any atom is 0.347 e. The van der Waals surface area contributed by atoms with Crippen molar-refractivity contribution < 1.29 is 19.4 Å². The van der Waals surface area contributed by atoms with E-state index in [1.54, 1.807) is 30.3 Å². The van der Waals surface area contributed by atoms with E-state index in [4.69, 9.17) is 4.74 Å². The highest BCUT2D eigenvalue weighted by Gasteiger charge is 2.16. The number of esters is 1. The molecule has 116 valence electrons. The van der Waals surface area contributed by atoms with Gasteiger partial charge >= 0.3 is 5.97 Å². The summed E-state index contributed by atoms with van der Waals surface area (Å²) in [5.41, 5.74) is 0.382. The van der Waals surface area contributed by atoms with E-state index in [-0.39, 0.29) is 22.8 Å². The lowest BCUT2D eigenvalue weighted by molar-refractivity contribution is 0.0730. The Morgan fingerprint density at radius 2 is 1.45 bits per heavy atom. The van der Waals surface area contributed by atoms with Gasteiger partial charge in [-0.2, -0.15) is 0 Å². The van der Waals surface area contributed by atoms with Gasteiger partial charge < -0.3 is 9.84 Å². The second-order valence-electron chi connectivity index (χ2n) is 4.67. The van der Waals surface area contributed by atoms with Gasteiger partial charge in [0.05, 0.1) is 5.56 Å². The van der Waals surface area contributed by atoms with E-state index in [0.29, 0.717) is 5.56 Å². The molecule has 0 amide bonds. The first-order valence-corrected chi connectivity index (χ1v) is 7.11. The highest BCUT2D eigenvalue weighted by Crippen LogP contribution is 2.22. The van der Waals surface area contributed by atoms with E-state index >= 15 is 0 Å². The predicted octanol–water partition coefficient (Wildman–Crippen LogP) is 4.23. The topological polar surface area (TPSA) is 63.6 Å². The van der Waals surface area contributed by atoms with Gasteiger partial charge in [-0.25, -0.2) is 4.79 Å². The zero-order chi connectivity index (χ0) is 16.5. The van der Waals surface area contributed by atoms with Gasteiger partial charge in [0.2, 0.25) is 0 Å². The molecule has 0 spiro atoms. The number of carbonyl (C=O) groups is 2. The molecule has 22 heavy (non-hydrogen) atoms.